The zero-order valence-corrected chi connectivity index (χ0v) is 12.3. The lowest BCUT2D eigenvalue weighted by Crippen LogP contribution is -2.22. The van der Waals surface area contributed by atoms with Gasteiger partial charge in [0.1, 0.15) is 12.4 Å². The Morgan fingerprint density at radius 3 is 2.95 bits per heavy atom. The summed E-state index contributed by atoms with van der Waals surface area (Å²) < 4.78 is 5.80. The van der Waals surface area contributed by atoms with Crippen molar-refractivity contribution in [2.24, 2.45) is 0 Å². The van der Waals surface area contributed by atoms with Crippen LogP contribution in [0.3, 0.4) is 0 Å². The maximum atomic E-state index is 9.12. The number of ether oxygens (including phenoxy) is 1. The van der Waals surface area contributed by atoms with E-state index in [0.29, 0.717) is 12.2 Å². The molecule has 21 heavy (non-hydrogen) atoms. The van der Waals surface area contributed by atoms with Crippen LogP contribution in [0.4, 0.5) is 0 Å². The number of fused-ring (bicyclic) bond motifs is 1. The maximum absolute atomic E-state index is 9.12. The molecule has 0 amide bonds. The molecule has 3 rings (SSSR count). The van der Waals surface area contributed by atoms with Crippen LogP contribution in [-0.2, 0) is 0 Å². The Balaban J connectivity index is 2.24. The van der Waals surface area contributed by atoms with E-state index in [-0.39, 0.29) is 0 Å². The highest BCUT2D eigenvalue weighted by Gasteiger charge is 2.26. The number of benzene rings is 1. The van der Waals surface area contributed by atoms with Crippen LogP contribution in [0, 0.1) is 11.3 Å². The van der Waals surface area contributed by atoms with Crippen molar-refractivity contribution in [1.82, 2.24) is 4.98 Å². The average molecular weight is 297 g/mol. The quantitative estimate of drug-likeness (QED) is 0.752. The van der Waals surface area contributed by atoms with Gasteiger partial charge in [-0.15, -0.1) is 11.6 Å². The molecule has 0 saturated carbocycles. The van der Waals surface area contributed by atoms with Gasteiger partial charge < -0.3 is 4.74 Å². The molecule has 2 heterocycles. The molecule has 0 aliphatic carbocycles. The van der Waals surface area contributed by atoms with Gasteiger partial charge in [0.05, 0.1) is 16.5 Å². The zero-order chi connectivity index (χ0) is 14.9. The van der Waals surface area contributed by atoms with Gasteiger partial charge >= 0.3 is 0 Å². The minimum Gasteiger partial charge on any atom is -0.491 e. The molecule has 1 aliphatic rings. The van der Waals surface area contributed by atoms with Gasteiger partial charge in [0.2, 0.25) is 0 Å². The minimum absolute atomic E-state index is 0.372. The molecule has 3 nitrogen and oxygen atoms in total. The Labute approximate surface area is 128 Å². The molecule has 1 aromatic heterocycles. The van der Waals surface area contributed by atoms with Crippen molar-refractivity contribution >= 4 is 17.2 Å². The Kier molecular flexibility index (Phi) is 3.40. The van der Waals surface area contributed by atoms with Crippen molar-refractivity contribution in [3.05, 3.63) is 65.5 Å². The molecule has 0 fully saturated rings. The zero-order valence-electron chi connectivity index (χ0n) is 11.5. The molecule has 1 atom stereocenters. The number of halogens is 1. The largest absolute Gasteiger partial charge is 0.491 e. The third kappa shape index (κ3) is 2.76. The van der Waals surface area contributed by atoms with Crippen molar-refractivity contribution in [2.45, 2.75) is 11.8 Å². The predicted octanol–water partition coefficient (Wildman–Crippen LogP) is 3.77. The van der Waals surface area contributed by atoms with E-state index >= 15 is 0 Å². The van der Waals surface area contributed by atoms with E-state index in [1.165, 1.54) is 0 Å². The lowest BCUT2D eigenvalue weighted by atomic mass is 9.94. The third-order valence-electron chi connectivity index (χ3n) is 3.33. The lowest BCUT2D eigenvalue weighted by molar-refractivity contribution is 0.298. The van der Waals surface area contributed by atoms with Crippen molar-refractivity contribution in [1.29, 1.82) is 5.26 Å². The van der Waals surface area contributed by atoms with E-state index in [9.17, 15) is 0 Å². The van der Waals surface area contributed by atoms with E-state index in [1.54, 1.807) is 18.5 Å². The van der Waals surface area contributed by atoms with Crippen LogP contribution in [-0.4, -0.2) is 16.5 Å². The summed E-state index contributed by atoms with van der Waals surface area (Å²) in [6, 6.07) is 11.4. The van der Waals surface area contributed by atoms with Gasteiger partial charge in [-0.3, -0.25) is 4.98 Å². The third-order valence-corrected chi connectivity index (χ3v) is 3.54. The van der Waals surface area contributed by atoms with Crippen LogP contribution in [0.5, 0.6) is 5.75 Å². The SMILES string of the molecule is CC1(Cl)C=C(c2cccnc2)c2cc(C#N)ccc2OC1. The van der Waals surface area contributed by atoms with Crippen molar-refractivity contribution in [3.63, 3.8) is 0 Å². The van der Waals surface area contributed by atoms with Gasteiger partial charge in [-0.25, -0.2) is 0 Å². The highest BCUT2D eigenvalue weighted by atomic mass is 35.5. The molecule has 1 aromatic carbocycles. The molecule has 0 saturated heterocycles. The molecule has 104 valence electrons. The van der Waals surface area contributed by atoms with Gasteiger partial charge in [-0.1, -0.05) is 12.1 Å². The van der Waals surface area contributed by atoms with Crippen molar-refractivity contribution < 1.29 is 4.74 Å². The molecular weight excluding hydrogens is 284 g/mol. The molecule has 1 unspecified atom stereocenters. The van der Waals surface area contributed by atoms with Gasteiger partial charge in [-0.05, 0) is 36.8 Å². The Hall–Kier alpha value is -2.31. The fraction of sp³-hybridized carbons (Fsp3) is 0.176. The summed E-state index contributed by atoms with van der Waals surface area (Å²) in [6.45, 7) is 2.28. The average Bonchev–Trinajstić information content (AvgIpc) is 2.64. The molecule has 4 heteroatoms. The van der Waals surface area contributed by atoms with Crippen molar-refractivity contribution in [3.8, 4) is 11.8 Å². The first-order chi connectivity index (χ1) is 10.1. The summed E-state index contributed by atoms with van der Waals surface area (Å²) in [5.74, 6) is 0.730. The second kappa shape index (κ2) is 5.23. The summed E-state index contributed by atoms with van der Waals surface area (Å²) in [4.78, 5) is 3.55. The summed E-state index contributed by atoms with van der Waals surface area (Å²) in [7, 11) is 0. The highest BCUT2D eigenvalue weighted by molar-refractivity contribution is 6.26. The Bertz CT molecular complexity index is 745. The number of aromatic nitrogens is 1. The van der Waals surface area contributed by atoms with Crippen LogP contribution >= 0.6 is 11.6 Å². The molecule has 0 radical (unpaired) electrons. The number of nitrogens with zero attached hydrogens (tertiary/aromatic N) is 2. The first-order valence-electron chi connectivity index (χ1n) is 6.58. The number of hydrogen-bond acceptors (Lipinski definition) is 3. The fourth-order valence-electron chi connectivity index (χ4n) is 2.34. The van der Waals surface area contributed by atoms with Crippen LogP contribution < -0.4 is 4.74 Å². The number of alkyl halides is 1. The second-order valence-electron chi connectivity index (χ2n) is 5.19. The summed E-state index contributed by atoms with van der Waals surface area (Å²) in [5.41, 5.74) is 3.34. The van der Waals surface area contributed by atoms with Crippen LogP contribution in [0.1, 0.15) is 23.6 Å². The monoisotopic (exact) mass is 296 g/mol. The van der Waals surface area contributed by atoms with E-state index in [1.807, 2.05) is 37.3 Å². The smallest absolute Gasteiger partial charge is 0.127 e. The Morgan fingerprint density at radius 1 is 1.38 bits per heavy atom. The van der Waals surface area contributed by atoms with Gasteiger partial charge in [0.25, 0.3) is 0 Å². The highest BCUT2D eigenvalue weighted by Crippen LogP contribution is 2.38. The van der Waals surface area contributed by atoms with Crippen LogP contribution in [0.15, 0.2) is 48.8 Å². The molecule has 1 aliphatic heterocycles. The summed E-state index contributed by atoms with van der Waals surface area (Å²) in [5, 5.41) is 9.12. The number of nitriles is 1. The molecule has 2 aromatic rings. The normalized spacial score (nSPS) is 20.5. The Morgan fingerprint density at radius 2 is 2.24 bits per heavy atom. The van der Waals surface area contributed by atoms with Gasteiger partial charge in [0.15, 0.2) is 0 Å². The molecule has 0 N–H and O–H groups in total. The van der Waals surface area contributed by atoms with Gasteiger partial charge in [-0.2, -0.15) is 5.26 Å². The minimum atomic E-state index is -0.614. The lowest BCUT2D eigenvalue weighted by Gasteiger charge is -2.16. The number of hydrogen-bond donors (Lipinski definition) is 0. The van der Waals surface area contributed by atoms with Crippen LogP contribution in [0.25, 0.3) is 5.57 Å². The molecular formula is C17H13ClN2O. The maximum Gasteiger partial charge on any atom is 0.127 e. The van der Waals surface area contributed by atoms with E-state index in [4.69, 9.17) is 21.6 Å². The topological polar surface area (TPSA) is 45.9 Å². The first-order valence-corrected chi connectivity index (χ1v) is 6.96. The van der Waals surface area contributed by atoms with E-state index in [2.05, 4.69) is 11.1 Å². The van der Waals surface area contributed by atoms with E-state index < -0.39 is 4.87 Å². The summed E-state index contributed by atoms with van der Waals surface area (Å²) in [6.07, 6.45) is 5.48. The first kappa shape index (κ1) is 13.7. The second-order valence-corrected chi connectivity index (χ2v) is 6.05. The molecule has 0 bridgehead atoms. The van der Waals surface area contributed by atoms with E-state index in [0.717, 1.165) is 22.4 Å². The predicted molar refractivity (Wildman–Crippen MR) is 82.2 cm³/mol. The van der Waals surface area contributed by atoms with Gasteiger partial charge in [0, 0.05) is 23.5 Å². The standard InChI is InChI=1S/C17H13ClN2O/c1-17(18)8-15(13-3-2-6-20-10-13)14-7-12(9-19)4-5-16(14)21-11-17/h2-8,10H,11H2,1H3. The van der Waals surface area contributed by atoms with Crippen molar-refractivity contribution in [2.75, 3.05) is 6.61 Å². The molecule has 0 spiro atoms. The van der Waals surface area contributed by atoms with Crippen LogP contribution in [0.2, 0.25) is 0 Å². The number of pyridine rings is 1. The fourth-order valence-corrected chi connectivity index (χ4v) is 2.50. The number of rotatable bonds is 1. The summed E-state index contributed by atoms with van der Waals surface area (Å²) >= 11 is 6.50.